The molecule has 15 heteroatoms. The van der Waals surface area contributed by atoms with Crippen LogP contribution in [0.1, 0.15) is 88.2 Å². The fourth-order valence-corrected chi connectivity index (χ4v) is 7.13. The van der Waals surface area contributed by atoms with Crippen LogP contribution in [0.5, 0.6) is 0 Å². The van der Waals surface area contributed by atoms with E-state index in [1.165, 1.54) is 34.5 Å². The van der Waals surface area contributed by atoms with Crippen molar-refractivity contribution in [1.29, 1.82) is 0 Å². The molecule has 4 aromatic rings. The first-order valence-electron chi connectivity index (χ1n) is 18.4. The molecule has 4 atom stereocenters. The van der Waals surface area contributed by atoms with Gasteiger partial charge in [-0.3, -0.25) is 9.59 Å². The quantitative estimate of drug-likeness (QED) is 0.0549. The van der Waals surface area contributed by atoms with E-state index in [9.17, 15) is 19.5 Å². The molecule has 3 amide bonds. The molecule has 2 aliphatic heterocycles. The molecule has 0 spiro atoms. The highest BCUT2D eigenvalue weighted by Gasteiger charge is 2.42. The van der Waals surface area contributed by atoms with Gasteiger partial charge in [0.1, 0.15) is 23.7 Å². The molecule has 2 aromatic carbocycles. The van der Waals surface area contributed by atoms with Gasteiger partial charge in [-0.15, -0.1) is 0 Å². The number of carbonyl (C=O) groups is 3. The van der Waals surface area contributed by atoms with E-state index in [4.69, 9.17) is 9.87 Å². The van der Waals surface area contributed by atoms with E-state index < -0.39 is 29.7 Å². The lowest BCUT2D eigenvalue weighted by Crippen LogP contribution is -2.58. The predicted molar refractivity (Wildman–Crippen MR) is 204 cm³/mol. The van der Waals surface area contributed by atoms with Crippen molar-refractivity contribution in [2.24, 2.45) is 10.9 Å². The zero-order chi connectivity index (χ0) is 39.3. The maximum Gasteiger partial charge on any atom is 0.407 e. The monoisotopic (exact) mass is 752 g/mol. The van der Waals surface area contributed by atoms with E-state index in [0.717, 1.165) is 58.5 Å². The summed E-state index contributed by atoms with van der Waals surface area (Å²) in [6.45, 7) is 7.95. The number of hydrogen-bond donors (Lipinski definition) is 4. The second-order valence-electron chi connectivity index (χ2n) is 14.7. The summed E-state index contributed by atoms with van der Waals surface area (Å²) in [4.78, 5) is 72.5. The number of H-pyrrole nitrogens is 2. The number of alkyl carbamates (subject to hydrolysis) is 1. The summed E-state index contributed by atoms with van der Waals surface area (Å²) in [6.07, 6.45) is 5.28. The number of nitrogens with zero attached hydrogens (tertiary/aromatic N) is 5. The topological polar surface area (TPSA) is 187 Å². The molecule has 0 bridgehead atoms. The number of aliphatic hydroxyl groups is 1. The van der Waals surface area contributed by atoms with Crippen molar-refractivity contribution in [1.82, 2.24) is 35.1 Å². The van der Waals surface area contributed by atoms with Gasteiger partial charge in [0, 0.05) is 24.2 Å². The fourth-order valence-electron chi connectivity index (χ4n) is 7.13. The maximum atomic E-state index is 13.6. The van der Waals surface area contributed by atoms with Crippen molar-refractivity contribution < 1.29 is 34.0 Å². The van der Waals surface area contributed by atoms with Gasteiger partial charge in [-0.1, -0.05) is 37.8 Å². The van der Waals surface area contributed by atoms with Crippen LogP contribution in [0, 0.1) is 17.8 Å². The largest absolute Gasteiger partial charge is 0.453 e. The van der Waals surface area contributed by atoms with E-state index in [0.29, 0.717) is 25.3 Å². The number of likely N-dealkylation sites (tertiary alicyclic amines) is 2. The minimum Gasteiger partial charge on any atom is -0.453 e. The number of methoxy groups -OCH3 is 1. The van der Waals surface area contributed by atoms with Gasteiger partial charge >= 0.3 is 6.09 Å². The SMILES string of the molecule is COOC=N[C@H](C(=O)N1CCC[C@H]1c1ncc(-c2ccc(C#Cc3ccc4nc([C@@H]5CCCN5C(=O)[C@@H](NC(=O)OC)C(C)(C)O)[nH]c4c3)cc2)[nH]1)C(C)C. The molecule has 0 unspecified atom stereocenters. The van der Waals surface area contributed by atoms with Crippen LogP contribution in [0.25, 0.3) is 22.3 Å². The van der Waals surface area contributed by atoms with Gasteiger partial charge < -0.3 is 39.8 Å². The number of carbonyl (C=O) groups excluding carboxylic acids is 3. The molecule has 0 radical (unpaired) electrons. The van der Waals surface area contributed by atoms with Gasteiger partial charge in [0.2, 0.25) is 18.2 Å². The lowest BCUT2D eigenvalue weighted by molar-refractivity contribution is -0.188. The highest BCUT2D eigenvalue weighted by atomic mass is 17.2. The summed E-state index contributed by atoms with van der Waals surface area (Å²) in [7, 11) is 2.59. The maximum absolute atomic E-state index is 13.6. The van der Waals surface area contributed by atoms with E-state index in [2.05, 4.69) is 46.7 Å². The van der Waals surface area contributed by atoms with Crippen LogP contribution in [0.4, 0.5) is 4.79 Å². The Kier molecular flexibility index (Phi) is 11.9. The van der Waals surface area contributed by atoms with Crippen LogP contribution >= 0.6 is 0 Å². The fraction of sp³-hybridized carbons (Fsp3) is 0.450. The van der Waals surface area contributed by atoms with Crippen LogP contribution in [-0.4, -0.2) is 104 Å². The first kappa shape index (κ1) is 39.0. The number of aliphatic imine (C=N–C) groups is 1. The van der Waals surface area contributed by atoms with E-state index in [1.807, 2.05) is 61.2 Å². The lowest BCUT2D eigenvalue weighted by Gasteiger charge is -2.34. The van der Waals surface area contributed by atoms with E-state index in [1.54, 1.807) is 11.1 Å². The van der Waals surface area contributed by atoms with E-state index in [-0.39, 0.29) is 23.9 Å². The Bertz CT molecular complexity index is 2090. The van der Waals surface area contributed by atoms with Crippen molar-refractivity contribution >= 4 is 35.3 Å². The molecule has 15 nitrogen and oxygen atoms in total. The molecule has 6 rings (SSSR count). The van der Waals surface area contributed by atoms with Crippen LogP contribution in [0.2, 0.25) is 0 Å². The highest BCUT2D eigenvalue weighted by Crippen LogP contribution is 2.34. The molecule has 2 fully saturated rings. The van der Waals surface area contributed by atoms with Crippen molar-refractivity contribution in [3.63, 3.8) is 0 Å². The zero-order valence-corrected chi connectivity index (χ0v) is 32.0. The summed E-state index contributed by atoms with van der Waals surface area (Å²) >= 11 is 0. The van der Waals surface area contributed by atoms with Crippen LogP contribution in [-0.2, 0) is 24.1 Å². The molecular formula is C40H48N8O7. The van der Waals surface area contributed by atoms with Gasteiger partial charge in [0.05, 0.1) is 54.8 Å². The van der Waals surface area contributed by atoms with Crippen LogP contribution in [0.15, 0.2) is 53.7 Å². The third-order valence-electron chi connectivity index (χ3n) is 9.99. The summed E-state index contributed by atoms with van der Waals surface area (Å²) < 4.78 is 4.69. The average molecular weight is 753 g/mol. The number of imidazole rings is 2. The molecule has 4 N–H and O–H groups in total. The molecule has 0 aliphatic carbocycles. The second-order valence-corrected chi connectivity index (χ2v) is 14.7. The van der Waals surface area contributed by atoms with Crippen molar-refractivity contribution in [3.05, 3.63) is 71.4 Å². The second kappa shape index (κ2) is 16.7. The van der Waals surface area contributed by atoms with Gasteiger partial charge in [-0.25, -0.2) is 19.8 Å². The Balaban J connectivity index is 1.12. The molecule has 2 saturated heterocycles. The number of nitrogens with one attached hydrogen (secondary N) is 3. The number of benzene rings is 2. The normalized spacial score (nSPS) is 18.4. The van der Waals surface area contributed by atoms with Gasteiger partial charge in [-0.05, 0) is 81.3 Å². The van der Waals surface area contributed by atoms with Crippen molar-refractivity contribution in [3.8, 4) is 23.1 Å². The van der Waals surface area contributed by atoms with Gasteiger partial charge in [0.25, 0.3) is 0 Å². The van der Waals surface area contributed by atoms with E-state index >= 15 is 0 Å². The summed E-state index contributed by atoms with van der Waals surface area (Å²) in [5.74, 6) is 7.35. The number of rotatable bonds is 11. The Hall–Kier alpha value is -5.72. The Labute approximate surface area is 319 Å². The average Bonchev–Trinajstić information content (AvgIpc) is 3.99. The minimum atomic E-state index is -1.52. The van der Waals surface area contributed by atoms with Crippen molar-refractivity contribution in [2.75, 3.05) is 27.3 Å². The van der Waals surface area contributed by atoms with Crippen LogP contribution < -0.4 is 5.32 Å². The summed E-state index contributed by atoms with van der Waals surface area (Å²) in [5.41, 5.74) is 3.43. The molecule has 2 aliphatic rings. The number of fused-ring (bicyclic) bond motifs is 1. The first-order chi connectivity index (χ1) is 26.4. The van der Waals surface area contributed by atoms with Crippen LogP contribution in [0.3, 0.4) is 0 Å². The zero-order valence-electron chi connectivity index (χ0n) is 32.0. The number of amides is 3. The molecule has 290 valence electrons. The summed E-state index contributed by atoms with van der Waals surface area (Å²) in [6, 6.07) is 11.3. The Morgan fingerprint density at radius 2 is 1.62 bits per heavy atom. The van der Waals surface area contributed by atoms with Gasteiger partial charge in [-0.2, -0.15) is 4.89 Å². The lowest BCUT2D eigenvalue weighted by atomic mass is 9.97. The number of hydrogen-bond acceptors (Lipinski definition) is 10. The number of aromatic nitrogens is 4. The molecule has 2 aromatic heterocycles. The predicted octanol–water partition coefficient (Wildman–Crippen LogP) is 4.81. The molecular weight excluding hydrogens is 704 g/mol. The third-order valence-corrected chi connectivity index (χ3v) is 9.99. The minimum absolute atomic E-state index is 0.0213. The molecule has 0 saturated carbocycles. The standard InChI is InChI=1S/C40H48N8O7/c1-24(2)33(42-23-55-54-6)37(49)47-19-7-9-31(47)35-41-22-30(45-35)27-16-13-25(14-17-27)11-12-26-15-18-28-29(21-26)44-36(43-28)32-10-8-20-48(32)38(50)34(40(3,4)52)46-39(51)53-5/h13-18,21-24,31-34,52H,7-10,19-20H2,1-6H3,(H,41,45)(H,43,44)(H,46,51)/t31-,32-,33-,34+/m0/s1. The summed E-state index contributed by atoms with van der Waals surface area (Å²) in [5, 5.41) is 13.2. The smallest absolute Gasteiger partial charge is 0.407 e. The first-order valence-corrected chi connectivity index (χ1v) is 18.4. The third kappa shape index (κ3) is 8.82. The number of ether oxygens (including phenoxy) is 1. The highest BCUT2D eigenvalue weighted by molar-refractivity contribution is 5.87. The Morgan fingerprint density at radius 3 is 2.27 bits per heavy atom. The number of aromatic amines is 2. The molecule has 55 heavy (non-hydrogen) atoms. The Morgan fingerprint density at radius 1 is 0.964 bits per heavy atom. The van der Waals surface area contributed by atoms with Crippen molar-refractivity contribution in [2.45, 2.75) is 83.1 Å². The van der Waals surface area contributed by atoms with Gasteiger partial charge in [0.15, 0.2) is 0 Å². The molecule has 4 heterocycles.